The highest BCUT2D eigenvalue weighted by Crippen LogP contribution is 2.78. The highest BCUT2D eigenvalue weighted by Gasteiger charge is 2.82. The summed E-state index contributed by atoms with van der Waals surface area (Å²) in [5.41, 5.74) is 1.42. The number of benzene rings is 1. The van der Waals surface area contributed by atoms with Gasteiger partial charge in [-0.1, -0.05) is 39.8 Å². The van der Waals surface area contributed by atoms with E-state index >= 15 is 0 Å². The minimum absolute atomic E-state index is 0.0415. The summed E-state index contributed by atoms with van der Waals surface area (Å²) < 4.78 is 39.0. The van der Waals surface area contributed by atoms with Gasteiger partial charge in [0, 0.05) is 5.69 Å². The van der Waals surface area contributed by atoms with Gasteiger partial charge in [0.05, 0.1) is 5.56 Å². The minimum Gasteiger partial charge on any atom is -0.481 e. The molecule has 0 aliphatic heterocycles. The van der Waals surface area contributed by atoms with Gasteiger partial charge in [-0.05, 0) is 22.5 Å². The van der Waals surface area contributed by atoms with Crippen molar-refractivity contribution in [3.63, 3.8) is 0 Å². The van der Waals surface area contributed by atoms with E-state index in [1.54, 1.807) is 27.7 Å². The number of aliphatic carboxylic acids is 1. The van der Waals surface area contributed by atoms with Gasteiger partial charge in [0.15, 0.2) is 0 Å². The van der Waals surface area contributed by atoms with E-state index in [0.717, 1.165) is 6.07 Å². The smallest absolute Gasteiger partial charge is 0.418 e. The molecule has 116 valence electrons. The summed E-state index contributed by atoms with van der Waals surface area (Å²) in [7, 11) is 0. The molecule has 21 heavy (non-hydrogen) atoms. The number of hydrogen-bond acceptors (Lipinski definition) is 2. The summed E-state index contributed by atoms with van der Waals surface area (Å²) in [5.74, 6) is -1.15. The lowest BCUT2D eigenvalue weighted by Crippen LogP contribution is -2.30. The van der Waals surface area contributed by atoms with Crippen LogP contribution in [-0.2, 0) is 16.4 Å². The van der Waals surface area contributed by atoms with E-state index in [2.05, 4.69) is 0 Å². The molecule has 0 aromatic heterocycles. The maximum atomic E-state index is 13.0. The molecular weight excluding hydrogens is 283 g/mol. The number of hydrogen-bond donors (Lipinski definition) is 2. The molecule has 0 bridgehead atoms. The maximum Gasteiger partial charge on any atom is 0.418 e. The van der Waals surface area contributed by atoms with Gasteiger partial charge in [-0.3, -0.25) is 4.79 Å². The lowest BCUT2D eigenvalue weighted by molar-refractivity contribution is -0.142. The highest BCUT2D eigenvalue weighted by atomic mass is 19.4. The zero-order chi connectivity index (χ0) is 16.4. The lowest BCUT2D eigenvalue weighted by atomic mass is 9.84. The summed E-state index contributed by atoms with van der Waals surface area (Å²) in [6.07, 6.45) is -4.61. The van der Waals surface area contributed by atoms with Crippen molar-refractivity contribution in [2.45, 2.75) is 39.3 Å². The van der Waals surface area contributed by atoms with Crippen LogP contribution in [0.4, 0.5) is 18.9 Å². The number of alkyl halides is 3. The molecule has 0 atom stereocenters. The third-order valence-electron chi connectivity index (χ3n) is 5.51. The van der Waals surface area contributed by atoms with Gasteiger partial charge in [0.25, 0.3) is 0 Å². The van der Waals surface area contributed by atoms with E-state index in [1.165, 1.54) is 12.1 Å². The Hall–Kier alpha value is -1.72. The molecule has 2 rings (SSSR count). The van der Waals surface area contributed by atoms with Crippen LogP contribution in [0.2, 0.25) is 0 Å². The number of para-hydroxylation sites is 1. The molecule has 0 heterocycles. The first-order valence-electron chi connectivity index (χ1n) is 6.53. The number of rotatable bonds is 2. The minimum atomic E-state index is -4.61. The number of carboxylic acid groups (broad SMARTS) is 1. The fourth-order valence-electron chi connectivity index (χ4n) is 3.78. The molecule has 1 aromatic carbocycles. The average molecular weight is 301 g/mol. The fourth-order valence-corrected chi connectivity index (χ4v) is 3.78. The highest BCUT2D eigenvalue weighted by molar-refractivity contribution is 5.92. The van der Waals surface area contributed by atoms with E-state index in [1.807, 2.05) is 0 Å². The van der Waals surface area contributed by atoms with Crippen LogP contribution in [0, 0.1) is 10.8 Å². The maximum absolute atomic E-state index is 13.0. The summed E-state index contributed by atoms with van der Waals surface area (Å²) in [4.78, 5) is 11.9. The average Bonchev–Trinajstić information content (AvgIpc) is 2.65. The van der Waals surface area contributed by atoms with Crippen molar-refractivity contribution >= 4 is 11.7 Å². The lowest BCUT2D eigenvalue weighted by Gasteiger charge is -2.22. The Bertz CT molecular complexity index is 604. The Balaban J connectivity index is 2.76. The summed E-state index contributed by atoms with van der Waals surface area (Å²) >= 11 is 0. The third-order valence-corrected chi connectivity index (χ3v) is 5.51. The van der Waals surface area contributed by atoms with Crippen molar-refractivity contribution in [3.8, 4) is 0 Å². The second-order valence-corrected chi connectivity index (χ2v) is 6.57. The second kappa shape index (κ2) is 3.93. The molecule has 6 heteroatoms. The van der Waals surface area contributed by atoms with Crippen molar-refractivity contribution < 1.29 is 23.1 Å². The first-order valence-corrected chi connectivity index (χ1v) is 6.53. The van der Waals surface area contributed by atoms with E-state index < -0.39 is 39.6 Å². The first-order chi connectivity index (χ1) is 9.33. The SMILES string of the molecule is CC1(C)C(C)(C)C1(C(=O)O)c1cccc(C(F)(F)F)c1N. The molecule has 0 spiro atoms. The van der Waals surface area contributed by atoms with Crippen LogP contribution in [0.3, 0.4) is 0 Å². The van der Waals surface area contributed by atoms with Gasteiger partial charge in [-0.15, -0.1) is 0 Å². The topological polar surface area (TPSA) is 63.3 Å². The van der Waals surface area contributed by atoms with Gasteiger partial charge in [0.1, 0.15) is 5.41 Å². The molecule has 3 N–H and O–H groups in total. The second-order valence-electron chi connectivity index (χ2n) is 6.57. The quantitative estimate of drug-likeness (QED) is 0.819. The molecule has 0 saturated heterocycles. The van der Waals surface area contributed by atoms with Crippen LogP contribution in [0.5, 0.6) is 0 Å². The van der Waals surface area contributed by atoms with E-state index in [9.17, 15) is 23.1 Å². The van der Waals surface area contributed by atoms with Crippen LogP contribution >= 0.6 is 0 Å². The normalized spacial score (nSPS) is 21.9. The van der Waals surface area contributed by atoms with Gasteiger partial charge in [0.2, 0.25) is 0 Å². The molecule has 3 nitrogen and oxygen atoms in total. The van der Waals surface area contributed by atoms with Crippen LogP contribution in [0.25, 0.3) is 0 Å². The predicted molar refractivity (Wildman–Crippen MR) is 72.7 cm³/mol. The van der Waals surface area contributed by atoms with Gasteiger partial charge in [-0.25, -0.2) is 0 Å². The number of carbonyl (C=O) groups is 1. The van der Waals surface area contributed by atoms with Gasteiger partial charge in [-0.2, -0.15) is 13.2 Å². The Kier molecular flexibility index (Phi) is 2.93. The largest absolute Gasteiger partial charge is 0.481 e. The molecule has 1 aromatic rings. The zero-order valence-electron chi connectivity index (χ0n) is 12.3. The summed E-state index contributed by atoms with van der Waals surface area (Å²) in [5, 5.41) is 9.71. The summed E-state index contributed by atoms with van der Waals surface area (Å²) in [6.45, 7) is 6.95. The van der Waals surface area contributed by atoms with Crippen molar-refractivity contribution in [3.05, 3.63) is 29.3 Å². The van der Waals surface area contributed by atoms with Crippen molar-refractivity contribution in [1.82, 2.24) is 0 Å². The molecule has 0 unspecified atom stereocenters. The molecule has 1 aliphatic carbocycles. The zero-order valence-corrected chi connectivity index (χ0v) is 12.3. The predicted octanol–water partition coefficient (Wildman–Crippen LogP) is 3.68. The van der Waals surface area contributed by atoms with Gasteiger partial charge >= 0.3 is 12.1 Å². The number of halogens is 3. The van der Waals surface area contributed by atoms with Crippen LogP contribution < -0.4 is 5.73 Å². The van der Waals surface area contributed by atoms with Crippen molar-refractivity contribution in [2.24, 2.45) is 10.8 Å². The third kappa shape index (κ3) is 1.59. The van der Waals surface area contributed by atoms with Crippen LogP contribution in [0.1, 0.15) is 38.8 Å². The Morgan fingerprint density at radius 2 is 1.62 bits per heavy atom. The van der Waals surface area contributed by atoms with Crippen LogP contribution in [0.15, 0.2) is 18.2 Å². The number of carboxylic acids is 1. The first kappa shape index (κ1) is 15.7. The summed E-state index contributed by atoms with van der Waals surface area (Å²) in [6, 6.07) is 3.47. The van der Waals surface area contributed by atoms with Crippen molar-refractivity contribution in [1.29, 1.82) is 0 Å². The van der Waals surface area contributed by atoms with Gasteiger partial charge < -0.3 is 10.8 Å². The number of nitrogen functional groups attached to an aromatic ring is 1. The van der Waals surface area contributed by atoms with E-state index in [4.69, 9.17) is 5.73 Å². The number of nitrogens with two attached hydrogens (primary N) is 1. The Morgan fingerprint density at radius 3 is 1.95 bits per heavy atom. The molecule has 0 radical (unpaired) electrons. The molecule has 1 fully saturated rings. The number of anilines is 1. The monoisotopic (exact) mass is 301 g/mol. The van der Waals surface area contributed by atoms with Crippen molar-refractivity contribution in [2.75, 3.05) is 5.73 Å². The molecular formula is C15H18F3NO2. The Morgan fingerprint density at radius 1 is 1.14 bits per heavy atom. The van der Waals surface area contributed by atoms with E-state index in [-0.39, 0.29) is 5.56 Å². The van der Waals surface area contributed by atoms with Crippen LogP contribution in [-0.4, -0.2) is 11.1 Å². The fraction of sp³-hybridized carbons (Fsp3) is 0.533. The molecule has 1 saturated carbocycles. The molecule has 0 amide bonds. The Labute approximate surface area is 121 Å². The van der Waals surface area contributed by atoms with E-state index in [0.29, 0.717) is 0 Å². The molecule has 1 aliphatic rings. The standard InChI is InChI=1S/C15H18F3NO2/c1-12(2)13(3,4)14(12,11(20)21)8-6-5-7-9(10(8)19)15(16,17)18/h5-7H,19H2,1-4H3,(H,20,21).